The number of fused-ring (bicyclic) bond motifs is 1. The molecule has 25 heavy (non-hydrogen) atoms. The van der Waals surface area contributed by atoms with E-state index in [1.54, 1.807) is 6.92 Å². The number of hydrogen-bond acceptors (Lipinski definition) is 7. The molecule has 0 radical (unpaired) electrons. The van der Waals surface area contributed by atoms with Crippen LogP contribution in [-0.2, 0) is 22.9 Å². The van der Waals surface area contributed by atoms with Crippen LogP contribution >= 0.6 is 0 Å². The van der Waals surface area contributed by atoms with Gasteiger partial charge < -0.3 is 14.0 Å². The van der Waals surface area contributed by atoms with Gasteiger partial charge in [0, 0.05) is 44.7 Å². The van der Waals surface area contributed by atoms with Crippen LogP contribution in [0.25, 0.3) is 10.9 Å². The molecule has 0 saturated carbocycles. The van der Waals surface area contributed by atoms with Crippen molar-refractivity contribution in [2.45, 2.75) is 19.6 Å². The minimum absolute atomic E-state index is 0.0180. The first-order chi connectivity index (χ1) is 11.8. The van der Waals surface area contributed by atoms with E-state index in [1.165, 1.54) is 26.3 Å². The van der Waals surface area contributed by atoms with Gasteiger partial charge in [-0.2, -0.15) is 0 Å². The zero-order valence-electron chi connectivity index (χ0n) is 13.9. The lowest BCUT2D eigenvalue weighted by atomic mass is 10.0. The number of pyridine rings is 1. The molecule has 0 fully saturated rings. The lowest BCUT2D eigenvalue weighted by Crippen LogP contribution is -2.23. The Morgan fingerprint density at radius 1 is 1.20 bits per heavy atom. The molecule has 1 aromatic carbocycles. The molecule has 0 unspecified atom stereocenters. The summed E-state index contributed by atoms with van der Waals surface area (Å²) >= 11 is 0. The molecule has 0 spiro atoms. The monoisotopic (exact) mass is 351 g/mol. The van der Waals surface area contributed by atoms with Crippen LogP contribution < -0.4 is 5.56 Å². The fraction of sp³-hybridized carbons (Fsp3) is 0.400. The first-order valence-corrected chi connectivity index (χ1v) is 7.40. The zero-order valence-corrected chi connectivity index (χ0v) is 13.9. The van der Waals surface area contributed by atoms with E-state index >= 15 is 0 Å². The van der Waals surface area contributed by atoms with E-state index in [9.17, 15) is 25.0 Å². The predicted molar refractivity (Wildman–Crippen MR) is 88.6 cm³/mol. The number of nitro groups is 2. The van der Waals surface area contributed by atoms with Crippen LogP contribution in [0.1, 0.15) is 12.5 Å². The van der Waals surface area contributed by atoms with Crippen molar-refractivity contribution in [1.29, 1.82) is 0 Å². The third kappa shape index (κ3) is 3.64. The summed E-state index contributed by atoms with van der Waals surface area (Å²) in [5, 5.41) is 22.7. The largest absolute Gasteiger partial charge is 0.356 e. The zero-order chi connectivity index (χ0) is 18.7. The highest BCUT2D eigenvalue weighted by molar-refractivity contribution is 5.92. The number of nitro benzene ring substituents is 2. The third-order valence-electron chi connectivity index (χ3n) is 3.79. The van der Waals surface area contributed by atoms with Gasteiger partial charge in [-0.15, -0.1) is 0 Å². The van der Waals surface area contributed by atoms with E-state index in [2.05, 4.69) is 0 Å². The van der Waals surface area contributed by atoms with Crippen molar-refractivity contribution in [3.8, 4) is 0 Å². The van der Waals surface area contributed by atoms with Crippen molar-refractivity contribution in [2.75, 3.05) is 13.7 Å². The summed E-state index contributed by atoms with van der Waals surface area (Å²) in [6.07, 6.45) is -0.562. The summed E-state index contributed by atoms with van der Waals surface area (Å²) < 4.78 is 11.6. The minimum atomic E-state index is -0.741. The molecule has 1 atom stereocenters. The van der Waals surface area contributed by atoms with Gasteiger partial charge in [-0.3, -0.25) is 25.0 Å². The molecule has 0 aliphatic carbocycles. The number of ether oxygens (including phenoxy) is 2. The van der Waals surface area contributed by atoms with Crippen LogP contribution in [0.4, 0.5) is 11.4 Å². The number of benzene rings is 1. The lowest BCUT2D eigenvalue weighted by Gasteiger charge is -2.17. The Morgan fingerprint density at radius 3 is 2.40 bits per heavy atom. The average molecular weight is 351 g/mol. The third-order valence-corrected chi connectivity index (χ3v) is 3.79. The SMILES string of the molecule is CCO[C@H](Cc1cc(=O)n(C)c2c([N+](=O)[O-])cc([N+](=O)[O-])cc12)OC. The van der Waals surface area contributed by atoms with Crippen molar-refractivity contribution in [3.05, 3.63) is 54.3 Å². The summed E-state index contributed by atoms with van der Waals surface area (Å²) in [5.74, 6) is 0. The molecule has 134 valence electrons. The topological polar surface area (TPSA) is 127 Å². The van der Waals surface area contributed by atoms with Crippen LogP contribution in [0.15, 0.2) is 23.0 Å². The Morgan fingerprint density at radius 2 is 1.88 bits per heavy atom. The molecule has 1 aromatic heterocycles. The van der Waals surface area contributed by atoms with Gasteiger partial charge in [-0.25, -0.2) is 0 Å². The van der Waals surface area contributed by atoms with Crippen molar-refractivity contribution >= 4 is 22.3 Å². The molecule has 0 bridgehead atoms. The molecule has 1 heterocycles. The van der Waals surface area contributed by atoms with Crippen LogP contribution in [-0.4, -0.2) is 34.4 Å². The van der Waals surface area contributed by atoms with Crippen molar-refractivity contribution < 1.29 is 19.3 Å². The summed E-state index contributed by atoms with van der Waals surface area (Å²) in [6, 6.07) is 3.35. The van der Waals surface area contributed by atoms with Gasteiger partial charge in [0.2, 0.25) is 0 Å². The highest BCUT2D eigenvalue weighted by Gasteiger charge is 2.24. The molecule has 0 aliphatic rings. The maximum atomic E-state index is 12.2. The Balaban J connectivity index is 2.82. The summed E-state index contributed by atoms with van der Waals surface area (Å²) in [7, 11) is 2.80. The molecule has 2 aromatic rings. The highest BCUT2D eigenvalue weighted by Crippen LogP contribution is 2.32. The van der Waals surface area contributed by atoms with Gasteiger partial charge >= 0.3 is 0 Å². The van der Waals surface area contributed by atoms with Gasteiger partial charge in [0.05, 0.1) is 15.9 Å². The quantitative estimate of drug-likeness (QED) is 0.423. The Hall–Kier alpha value is -2.85. The van der Waals surface area contributed by atoms with Crippen LogP contribution in [0.3, 0.4) is 0 Å². The number of aromatic nitrogens is 1. The molecule has 0 amide bonds. The van der Waals surface area contributed by atoms with Gasteiger partial charge in [0.1, 0.15) is 5.52 Å². The Labute approximate surface area is 141 Å². The molecule has 10 heteroatoms. The first-order valence-electron chi connectivity index (χ1n) is 7.40. The van der Waals surface area contributed by atoms with Crippen LogP contribution in [0.2, 0.25) is 0 Å². The van der Waals surface area contributed by atoms with Crippen molar-refractivity contribution in [2.24, 2.45) is 7.05 Å². The van der Waals surface area contributed by atoms with Crippen LogP contribution in [0, 0.1) is 20.2 Å². The number of aryl methyl sites for hydroxylation is 1. The van der Waals surface area contributed by atoms with Gasteiger partial charge in [0.15, 0.2) is 6.29 Å². The number of rotatable bonds is 7. The molecule has 2 rings (SSSR count). The second kappa shape index (κ2) is 7.36. The molecule has 0 N–H and O–H groups in total. The van der Waals surface area contributed by atoms with E-state index < -0.39 is 33.1 Å². The number of non-ortho nitro benzene ring substituents is 2. The summed E-state index contributed by atoms with van der Waals surface area (Å²) in [5.41, 5.74) is -0.999. The fourth-order valence-corrected chi connectivity index (χ4v) is 2.62. The number of nitrogens with zero attached hydrogens (tertiary/aromatic N) is 3. The standard InChI is InChI=1S/C15H17N3O7/c1-4-25-14(24-3)6-9-5-13(19)16(2)15-11(9)7-10(17(20)21)8-12(15)18(22)23/h5,7-8,14H,4,6H2,1-3H3/t14-/m1/s1. The summed E-state index contributed by atoms with van der Waals surface area (Å²) in [4.78, 5) is 33.2. The average Bonchev–Trinajstić information content (AvgIpc) is 2.57. The predicted octanol–water partition coefficient (Wildman–Crippen LogP) is 1.91. The van der Waals surface area contributed by atoms with Crippen molar-refractivity contribution in [3.63, 3.8) is 0 Å². The van der Waals surface area contributed by atoms with Crippen LogP contribution in [0.5, 0.6) is 0 Å². The second-order valence-corrected chi connectivity index (χ2v) is 5.27. The number of methoxy groups -OCH3 is 1. The summed E-state index contributed by atoms with van der Waals surface area (Å²) in [6.45, 7) is 2.13. The van der Waals surface area contributed by atoms with Gasteiger partial charge in [-0.1, -0.05) is 0 Å². The normalized spacial score (nSPS) is 12.3. The minimum Gasteiger partial charge on any atom is -0.356 e. The lowest BCUT2D eigenvalue weighted by molar-refractivity contribution is -0.393. The van der Waals surface area contributed by atoms with Gasteiger partial charge in [0.25, 0.3) is 16.9 Å². The first kappa shape index (κ1) is 18.5. The molecule has 0 saturated heterocycles. The fourth-order valence-electron chi connectivity index (χ4n) is 2.62. The van der Waals surface area contributed by atoms with Crippen molar-refractivity contribution in [1.82, 2.24) is 4.57 Å². The van der Waals surface area contributed by atoms with E-state index in [-0.39, 0.29) is 17.3 Å². The Kier molecular flexibility index (Phi) is 5.45. The maximum Gasteiger partial charge on any atom is 0.300 e. The van der Waals surface area contributed by atoms with E-state index in [1.807, 2.05) is 0 Å². The molecule has 0 aliphatic heterocycles. The van der Waals surface area contributed by atoms with Gasteiger partial charge in [-0.05, 0) is 12.5 Å². The Bertz CT molecular complexity index is 891. The van der Waals surface area contributed by atoms with E-state index in [4.69, 9.17) is 9.47 Å². The molecule has 10 nitrogen and oxygen atoms in total. The molecular weight excluding hydrogens is 334 g/mol. The highest BCUT2D eigenvalue weighted by atomic mass is 16.7. The maximum absolute atomic E-state index is 12.2. The molecular formula is C15H17N3O7. The van der Waals surface area contributed by atoms with E-state index in [0.717, 1.165) is 10.6 Å². The second-order valence-electron chi connectivity index (χ2n) is 5.27. The smallest absolute Gasteiger partial charge is 0.300 e. The van der Waals surface area contributed by atoms with E-state index in [0.29, 0.717) is 12.2 Å². The number of hydrogen-bond donors (Lipinski definition) is 0.